The number of sulfonamides is 1. The number of nitro benzene ring substituents is 1. The van der Waals surface area contributed by atoms with Crippen LogP contribution in [0.1, 0.15) is 25.7 Å². The smallest absolute Gasteiger partial charge is 0.312 e. The van der Waals surface area contributed by atoms with E-state index in [2.05, 4.69) is 9.80 Å². The standard InChI is InChI=1S/C21H30N4O6S/c1-32(29,30)24-10-7-21(8-11-24)16-19(31-20(21)26)6-9-22-12-14-23(15-13-22)17-2-4-18(5-3-17)25(27)28/h2-5,19H,6-16H2,1H3/t19-/m1/s1. The lowest BCUT2D eigenvalue weighted by Gasteiger charge is -2.36. The summed E-state index contributed by atoms with van der Waals surface area (Å²) in [5.41, 5.74) is 0.557. The Morgan fingerprint density at radius 1 is 1.09 bits per heavy atom. The van der Waals surface area contributed by atoms with E-state index in [0.717, 1.165) is 44.8 Å². The van der Waals surface area contributed by atoms with Gasteiger partial charge in [-0.05, 0) is 31.4 Å². The van der Waals surface area contributed by atoms with Gasteiger partial charge in [-0.2, -0.15) is 0 Å². The number of anilines is 1. The fourth-order valence-electron chi connectivity index (χ4n) is 4.99. The summed E-state index contributed by atoms with van der Waals surface area (Å²) in [6.45, 7) is 5.05. The molecule has 11 heteroatoms. The SMILES string of the molecule is CS(=O)(=O)N1CCC2(CC1)C[C@@H](CCN1CCN(c3ccc([N+](=O)[O-])cc3)CC1)OC2=O. The Bertz CT molecular complexity index is 951. The van der Waals surface area contributed by atoms with E-state index in [-0.39, 0.29) is 17.8 Å². The lowest BCUT2D eigenvalue weighted by molar-refractivity contribution is -0.384. The lowest BCUT2D eigenvalue weighted by Crippen LogP contribution is -2.47. The van der Waals surface area contributed by atoms with Gasteiger partial charge in [-0.1, -0.05) is 0 Å². The van der Waals surface area contributed by atoms with Crippen LogP contribution in [-0.4, -0.2) is 86.7 Å². The van der Waals surface area contributed by atoms with E-state index >= 15 is 0 Å². The Balaban J connectivity index is 1.22. The summed E-state index contributed by atoms with van der Waals surface area (Å²) < 4.78 is 30.6. The third-order valence-electron chi connectivity index (χ3n) is 7.04. The minimum Gasteiger partial charge on any atom is -0.462 e. The van der Waals surface area contributed by atoms with Crippen molar-refractivity contribution in [3.8, 4) is 0 Å². The molecule has 3 aliphatic heterocycles. The van der Waals surface area contributed by atoms with Gasteiger partial charge in [-0.25, -0.2) is 12.7 Å². The van der Waals surface area contributed by atoms with Crippen LogP contribution in [0, 0.1) is 15.5 Å². The number of non-ortho nitro benzene ring substituents is 1. The number of nitro groups is 1. The molecule has 1 aromatic rings. The van der Waals surface area contributed by atoms with Crippen LogP contribution in [-0.2, 0) is 19.6 Å². The second-order valence-electron chi connectivity index (χ2n) is 9.06. The Labute approximate surface area is 188 Å². The van der Waals surface area contributed by atoms with Crippen LogP contribution in [0.3, 0.4) is 0 Å². The van der Waals surface area contributed by atoms with E-state index in [0.29, 0.717) is 32.4 Å². The number of carbonyl (C=O) groups excluding carboxylic acids is 1. The van der Waals surface area contributed by atoms with Crippen LogP contribution in [0.2, 0.25) is 0 Å². The molecular weight excluding hydrogens is 436 g/mol. The molecule has 4 rings (SSSR count). The van der Waals surface area contributed by atoms with Gasteiger partial charge >= 0.3 is 5.97 Å². The molecule has 0 saturated carbocycles. The molecule has 176 valence electrons. The zero-order chi connectivity index (χ0) is 22.9. The molecule has 1 aromatic carbocycles. The molecule has 3 fully saturated rings. The van der Waals surface area contributed by atoms with Crippen LogP contribution in [0.15, 0.2) is 24.3 Å². The molecule has 1 atom stereocenters. The van der Waals surface area contributed by atoms with Crippen molar-refractivity contribution in [1.82, 2.24) is 9.21 Å². The summed E-state index contributed by atoms with van der Waals surface area (Å²) in [5.74, 6) is -0.168. The Morgan fingerprint density at radius 3 is 2.28 bits per heavy atom. The van der Waals surface area contributed by atoms with Gasteiger partial charge in [0, 0.05) is 70.1 Å². The lowest BCUT2D eigenvalue weighted by atomic mass is 9.76. The molecule has 0 unspecified atom stereocenters. The number of carbonyl (C=O) groups is 1. The average Bonchev–Trinajstić information content (AvgIpc) is 3.07. The fourth-order valence-corrected chi connectivity index (χ4v) is 5.84. The molecule has 0 amide bonds. The third-order valence-corrected chi connectivity index (χ3v) is 8.34. The van der Waals surface area contributed by atoms with Crippen LogP contribution < -0.4 is 4.90 Å². The average molecular weight is 467 g/mol. The van der Waals surface area contributed by atoms with Gasteiger partial charge < -0.3 is 9.64 Å². The van der Waals surface area contributed by atoms with Crippen LogP contribution >= 0.6 is 0 Å². The van der Waals surface area contributed by atoms with Crippen LogP contribution in [0.5, 0.6) is 0 Å². The Hall–Kier alpha value is -2.24. The normalized spacial score (nSPS) is 24.6. The maximum Gasteiger partial charge on any atom is 0.312 e. The van der Waals surface area contributed by atoms with Crippen molar-refractivity contribution in [3.63, 3.8) is 0 Å². The second kappa shape index (κ2) is 8.95. The molecule has 0 aromatic heterocycles. The predicted molar refractivity (Wildman–Crippen MR) is 119 cm³/mol. The number of rotatable bonds is 6. The first-order chi connectivity index (χ1) is 15.2. The summed E-state index contributed by atoms with van der Waals surface area (Å²) in [6.07, 6.45) is 3.61. The number of hydrogen-bond acceptors (Lipinski definition) is 8. The quantitative estimate of drug-likeness (QED) is 0.352. The van der Waals surface area contributed by atoms with Gasteiger partial charge in [-0.15, -0.1) is 0 Å². The molecule has 32 heavy (non-hydrogen) atoms. The number of ether oxygens (including phenoxy) is 1. The number of nitrogens with zero attached hydrogens (tertiary/aromatic N) is 4. The van der Waals surface area contributed by atoms with Crippen molar-refractivity contribution < 1.29 is 22.9 Å². The largest absolute Gasteiger partial charge is 0.462 e. The monoisotopic (exact) mass is 466 g/mol. The number of piperidine rings is 1. The molecule has 0 bridgehead atoms. The number of hydrogen-bond donors (Lipinski definition) is 0. The maximum absolute atomic E-state index is 12.6. The number of piperazine rings is 1. The van der Waals surface area contributed by atoms with Gasteiger partial charge in [0.2, 0.25) is 10.0 Å². The van der Waals surface area contributed by atoms with Gasteiger partial charge in [0.15, 0.2) is 0 Å². The van der Waals surface area contributed by atoms with Crippen molar-refractivity contribution in [3.05, 3.63) is 34.4 Å². The topological polar surface area (TPSA) is 113 Å². The highest BCUT2D eigenvalue weighted by atomic mass is 32.2. The highest BCUT2D eigenvalue weighted by Crippen LogP contribution is 2.44. The highest BCUT2D eigenvalue weighted by molar-refractivity contribution is 7.88. The summed E-state index contributed by atoms with van der Waals surface area (Å²) in [5, 5.41) is 10.8. The van der Waals surface area contributed by atoms with E-state index in [1.165, 1.54) is 22.7 Å². The van der Waals surface area contributed by atoms with Gasteiger partial charge in [0.1, 0.15) is 6.10 Å². The van der Waals surface area contributed by atoms with Gasteiger partial charge in [0.25, 0.3) is 5.69 Å². The Kier molecular flexibility index (Phi) is 6.42. The highest BCUT2D eigenvalue weighted by Gasteiger charge is 2.51. The zero-order valence-corrected chi connectivity index (χ0v) is 19.1. The summed E-state index contributed by atoms with van der Waals surface area (Å²) in [6, 6.07) is 6.65. The molecule has 1 spiro atoms. The van der Waals surface area contributed by atoms with Gasteiger partial charge in [0.05, 0.1) is 16.6 Å². The van der Waals surface area contributed by atoms with Crippen molar-refractivity contribution in [2.45, 2.75) is 31.8 Å². The fraction of sp³-hybridized carbons (Fsp3) is 0.667. The number of benzene rings is 1. The maximum atomic E-state index is 12.6. The Morgan fingerprint density at radius 2 is 1.72 bits per heavy atom. The number of esters is 1. The van der Waals surface area contributed by atoms with E-state index in [1.807, 2.05) is 0 Å². The van der Waals surface area contributed by atoms with Gasteiger partial charge in [-0.3, -0.25) is 19.8 Å². The summed E-state index contributed by atoms with van der Waals surface area (Å²) >= 11 is 0. The first-order valence-electron chi connectivity index (χ1n) is 11.0. The van der Waals surface area contributed by atoms with E-state index in [4.69, 9.17) is 4.74 Å². The van der Waals surface area contributed by atoms with E-state index in [9.17, 15) is 23.3 Å². The number of cyclic esters (lactones) is 1. The first kappa shape index (κ1) is 22.9. The van der Waals surface area contributed by atoms with Crippen molar-refractivity contribution >= 4 is 27.4 Å². The third kappa shape index (κ3) is 4.89. The van der Waals surface area contributed by atoms with Crippen molar-refractivity contribution in [1.29, 1.82) is 0 Å². The molecule has 3 heterocycles. The first-order valence-corrected chi connectivity index (χ1v) is 12.9. The summed E-state index contributed by atoms with van der Waals surface area (Å²) in [4.78, 5) is 27.6. The van der Waals surface area contributed by atoms with Crippen LogP contribution in [0.4, 0.5) is 11.4 Å². The molecule has 10 nitrogen and oxygen atoms in total. The molecule has 3 aliphatic rings. The second-order valence-corrected chi connectivity index (χ2v) is 11.0. The minimum atomic E-state index is -3.22. The van der Waals surface area contributed by atoms with Crippen molar-refractivity contribution in [2.24, 2.45) is 5.41 Å². The molecule has 3 saturated heterocycles. The molecule has 0 N–H and O–H groups in total. The molecule has 0 radical (unpaired) electrons. The minimum absolute atomic E-state index is 0.0956. The van der Waals surface area contributed by atoms with E-state index in [1.54, 1.807) is 12.1 Å². The predicted octanol–water partition coefficient (Wildman–Crippen LogP) is 1.46. The summed E-state index contributed by atoms with van der Waals surface area (Å²) in [7, 11) is -3.22. The van der Waals surface area contributed by atoms with Crippen molar-refractivity contribution in [2.75, 3.05) is 57.0 Å². The molecular formula is C21H30N4O6S. The van der Waals surface area contributed by atoms with Crippen LogP contribution in [0.25, 0.3) is 0 Å². The zero-order valence-electron chi connectivity index (χ0n) is 18.3. The van der Waals surface area contributed by atoms with E-state index < -0.39 is 20.4 Å². The molecule has 0 aliphatic carbocycles.